The molecule has 1 amide bonds. The van der Waals surface area contributed by atoms with E-state index in [1.807, 2.05) is 12.1 Å². The fraction of sp³-hybridized carbons (Fsp3) is 0.650. The van der Waals surface area contributed by atoms with Crippen molar-refractivity contribution in [2.75, 3.05) is 29.9 Å². The Kier molecular flexibility index (Phi) is 9.77. The molecule has 2 aliphatic rings. The van der Waals surface area contributed by atoms with Gasteiger partial charge in [0, 0.05) is 19.5 Å². The average Bonchev–Trinajstić information content (AvgIpc) is 2.63. The van der Waals surface area contributed by atoms with Crippen LogP contribution in [0.4, 0.5) is 11.4 Å². The van der Waals surface area contributed by atoms with Gasteiger partial charge in [-0.15, -0.1) is 24.8 Å². The van der Waals surface area contributed by atoms with E-state index < -0.39 is 0 Å². The van der Waals surface area contributed by atoms with Crippen LogP contribution >= 0.6 is 24.8 Å². The van der Waals surface area contributed by atoms with Crippen molar-refractivity contribution >= 4 is 42.1 Å². The van der Waals surface area contributed by atoms with E-state index in [4.69, 9.17) is 5.73 Å². The highest BCUT2D eigenvalue weighted by atomic mass is 35.5. The van der Waals surface area contributed by atoms with Crippen LogP contribution in [-0.4, -0.2) is 25.5 Å². The molecule has 0 unspecified atom stereocenters. The maximum atomic E-state index is 12.7. The van der Waals surface area contributed by atoms with Crippen LogP contribution in [0.5, 0.6) is 0 Å². The molecule has 1 aromatic carbocycles. The molecule has 3 rings (SSSR count). The SMILES string of the molecule is Cl.Cl.NCC1(CC(=O)Nc2ccccc2N2CCCCC2)CCCCC1. The quantitative estimate of drug-likeness (QED) is 0.747. The number of nitrogens with two attached hydrogens (primary N) is 1. The molecule has 1 saturated heterocycles. The molecule has 1 aliphatic carbocycles. The highest BCUT2D eigenvalue weighted by Gasteiger charge is 2.33. The summed E-state index contributed by atoms with van der Waals surface area (Å²) in [6.07, 6.45) is 10.2. The summed E-state index contributed by atoms with van der Waals surface area (Å²) in [6.45, 7) is 2.79. The third kappa shape index (κ3) is 5.77. The van der Waals surface area contributed by atoms with Gasteiger partial charge >= 0.3 is 0 Å². The van der Waals surface area contributed by atoms with Crippen molar-refractivity contribution in [3.05, 3.63) is 24.3 Å². The molecule has 6 heteroatoms. The summed E-state index contributed by atoms with van der Waals surface area (Å²) >= 11 is 0. The van der Waals surface area contributed by atoms with Gasteiger partial charge in [0.05, 0.1) is 11.4 Å². The number of carbonyl (C=O) groups is 1. The van der Waals surface area contributed by atoms with Gasteiger partial charge < -0.3 is 16.0 Å². The van der Waals surface area contributed by atoms with E-state index in [1.165, 1.54) is 38.5 Å². The monoisotopic (exact) mass is 401 g/mol. The number of nitrogens with one attached hydrogen (secondary N) is 1. The second kappa shape index (κ2) is 11.0. The van der Waals surface area contributed by atoms with Crippen LogP contribution in [0, 0.1) is 5.41 Å². The summed E-state index contributed by atoms with van der Waals surface area (Å²) in [5, 5.41) is 3.18. The van der Waals surface area contributed by atoms with Crippen LogP contribution in [0.15, 0.2) is 24.3 Å². The zero-order chi connectivity index (χ0) is 16.8. The van der Waals surface area contributed by atoms with Gasteiger partial charge in [-0.2, -0.15) is 0 Å². The predicted molar refractivity (Wildman–Crippen MR) is 115 cm³/mol. The number of anilines is 2. The van der Waals surface area contributed by atoms with Gasteiger partial charge in [0.25, 0.3) is 0 Å². The summed E-state index contributed by atoms with van der Waals surface area (Å²) < 4.78 is 0. The van der Waals surface area contributed by atoms with Crippen LogP contribution in [0.3, 0.4) is 0 Å². The van der Waals surface area contributed by atoms with Gasteiger partial charge in [0.15, 0.2) is 0 Å². The Morgan fingerprint density at radius 1 is 1.00 bits per heavy atom. The Hall–Kier alpha value is -0.970. The van der Waals surface area contributed by atoms with Crippen molar-refractivity contribution in [2.24, 2.45) is 11.1 Å². The number of piperidine rings is 1. The van der Waals surface area contributed by atoms with E-state index in [-0.39, 0.29) is 36.1 Å². The molecule has 1 heterocycles. The number of para-hydroxylation sites is 2. The predicted octanol–water partition coefficient (Wildman–Crippen LogP) is 4.76. The third-order valence-corrected chi connectivity index (χ3v) is 5.76. The molecule has 0 spiro atoms. The van der Waals surface area contributed by atoms with Gasteiger partial charge in [-0.05, 0) is 56.2 Å². The minimum absolute atomic E-state index is 0. The first-order valence-electron chi connectivity index (χ1n) is 9.56. The van der Waals surface area contributed by atoms with E-state index in [0.29, 0.717) is 13.0 Å². The number of rotatable bonds is 5. The molecule has 0 atom stereocenters. The molecule has 4 nitrogen and oxygen atoms in total. The molecular formula is C20H33Cl2N3O. The Labute approximate surface area is 170 Å². The van der Waals surface area contributed by atoms with Crippen LogP contribution in [0.25, 0.3) is 0 Å². The number of nitrogens with zero attached hydrogens (tertiary/aromatic N) is 1. The Balaban J connectivity index is 0.00000169. The topological polar surface area (TPSA) is 58.4 Å². The van der Waals surface area contributed by atoms with E-state index in [9.17, 15) is 4.79 Å². The second-order valence-corrected chi connectivity index (χ2v) is 7.55. The molecule has 0 bridgehead atoms. The highest BCUT2D eigenvalue weighted by Crippen LogP contribution is 2.39. The van der Waals surface area contributed by atoms with Gasteiger partial charge in [-0.25, -0.2) is 0 Å². The maximum absolute atomic E-state index is 12.7. The summed E-state index contributed by atoms with van der Waals surface area (Å²) in [6, 6.07) is 8.21. The number of hydrogen-bond donors (Lipinski definition) is 2. The van der Waals surface area contributed by atoms with Gasteiger partial charge in [-0.1, -0.05) is 31.4 Å². The van der Waals surface area contributed by atoms with E-state index in [0.717, 1.165) is 37.3 Å². The van der Waals surface area contributed by atoms with Crippen LogP contribution < -0.4 is 16.0 Å². The Morgan fingerprint density at radius 3 is 2.27 bits per heavy atom. The lowest BCUT2D eigenvalue weighted by Gasteiger charge is -2.36. The number of halogens is 2. The lowest BCUT2D eigenvalue weighted by molar-refractivity contribution is -0.118. The molecule has 26 heavy (non-hydrogen) atoms. The second-order valence-electron chi connectivity index (χ2n) is 7.55. The van der Waals surface area contributed by atoms with E-state index >= 15 is 0 Å². The number of carbonyl (C=O) groups excluding carboxylic acids is 1. The normalized spacial score (nSPS) is 19.0. The zero-order valence-electron chi connectivity index (χ0n) is 15.5. The van der Waals surface area contributed by atoms with Crippen LogP contribution in [0.1, 0.15) is 57.8 Å². The molecular weight excluding hydrogens is 369 g/mol. The number of amides is 1. The van der Waals surface area contributed by atoms with E-state index in [2.05, 4.69) is 22.3 Å². The molecule has 0 aromatic heterocycles. The summed E-state index contributed by atoms with van der Waals surface area (Å²) in [7, 11) is 0. The van der Waals surface area contributed by atoms with Crippen molar-refractivity contribution in [2.45, 2.75) is 57.8 Å². The third-order valence-electron chi connectivity index (χ3n) is 5.76. The fourth-order valence-corrected chi connectivity index (χ4v) is 4.28. The molecule has 1 saturated carbocycles. The molecule has 1 aliphatic heterocycles. The first-order valence-corrected chi connectivity index (χ1v) is 9.56. The summed E-state index contributed by atoms with van der Waals surface area (Å²) in [4.78, 5) is 15.1. The van der Waals surface area contributed by atoms with Crippen molar-refractivity contribution < 1.29 is 4.79 Å². The minimum Gasteiger partial charge on any atom is -0.370 e. The molecule has 0 radical (unpaired) electrons. The maximum Gasteiger partial charge on any atom is 0.225 e. The molecule has 3 N–H and O–H groups in total. The van der Waals surface area contributed by atoms with Gasteiger partial charge in [-0.3, -0.25) is 4.79 Å². The fourth-order valence-electron chi connectivity index (χ4n) is 4.28. The zero-order valence-corrected chi connectivity index (χ0v) is 17.2. The number of hydrogen-bond acceptors (Lipinski definition) is 3. The standard InChI is InChI=1S/C20H31N3O.2ClH/c21-16-20(11-5-1-6-12-20)15-19(24)22-17-9-3-4-10-18(17)23-13-7-2-8-14-23;;/h3-4,9-10H,1-2,5-8,11-16,21H2,(H,22,24);2*1H. The largest absolute Gasteiger partial charge is 0.370 e. The molecule has 2 fully saturated rings. The Bertz CT molecular complexity index is 556. The number of benzene rings is 1. The minimum atomic E-state index is 0. The molecule has 1 aromatic rings. The lowest BCUT2D eigenvalue weighted by atomic mass is 9.71. The van der Waals surface area contributed by atoms with Crippen molar-refractivity contribution in [1.29, 1.82) is 0 Å². The van der Waals surface area contributed by atoms with Gasteiger partial charge in [0.2, 0.25) is 5.91 Å². The summed E-state index contributed by atoms with van der Waals surface area (Å²) in [5.41, 5.74) is 8.17. The van der Waals surface area contributed by atoms with Crippen molar-refractivity contribution in [3.8, 4) is 0 Å². The van der Waals surface area contributed by atoms with Gasteiger partial charge in [0.1, 0.15) is 0 Å². The molecule has 148 valence electrons. The lowest BCUT2D eigenvalue weighted by Crippen LogP contribution is -2.37. The first kappa shape index (κ1) is 23.1. The van der Waals surface area contributed by atoms with Crippen LogP contribution in [-0.2, 0) is 4.79 Å². The summed E-state index contributed by atoms with van der Waals surface area (Å²) in [5.74, 6) is 0.117. The van der Waals surface area contributed by atoms with E-state index in [1.54, 1.807) is 0 Å². The van der Waals surface area contributed by atoms with Crippen molar-refractivity contribution in [3.63, 3.8) is 0 Å². The van der Waals surface area contributed by atoms with Crippen LogP contribution in [0.2, 0.25) is 0 Å². The first-order chi connectivity index (χ1) is 11.7. The smallest absolute Gasteiger partial charge is 0.225 e. The Morgan fingerprint density at radius 2 is 1.62 bits per heavy atom. The van der Waals surface area contributed by atoms with Crippen molar-refractivity contribution in [1.82, 2.24) is 0 Å². The average molecular weight is 402 g/mol. The highest BCUT2D eigenvalue weighted by molar-refractivity contribution is 5.94.